The van der Waals surface area contributed by atoms with Gasteiger partial charge in [0.15, 0.2) is 0 Å². The van der Waals surface area contributed by atoms with Crippen LogP contribution in [0.1, 0.15) is 46.5 Å². The average molecular weight is 285 g/mol. The highest BCUT2D eigenvalue weighted by atomic mass is 16.3. The number of allylic oxidation sites excluding steroid dienone is 6. The van der Waals surface area contributed by atoms with Crippen molar-refractivity contribution in [2.75, 3.05) is 0 Å². The Morgan fingerprint density at radius 3 is 2.71 bits per heavy atom. The SMILES string of the molecule is C#C/C=C(C)\C(C#N)=C(\O)CC1C=C(C)CCC1.CC=O. The summed E-state index contributed by atoms with van der Waals surface area (Å²) in [6.45, 7) is 5.30. The molecule has 0 aliphatic heterocycles. The number of aldehydes is 1. The van der Waals surface area contributed by atoms with Crippen molar-refractivity contribution in [3.63, 3.8) is 0 Å². The fourth-order valence-corrected chi connectivity index (χ4v) is 2.30. The molecule has 0 saturated carbocycles. The molecule has 0 aromatic rings. The molecule has 0 heterocycles. The van der Waals surface area contributed by atoms with E-state index in [2.05, 4.69) is 18.9 Å². The van der Waals surface area contributed by atoms with E-state index >= 15 is 0 Å². The van der Waals surface area contributed by atoms with Gasteiger partial charge in [0.25, 0.3) is 0 Å². The van der Waals surface area contributed by atoms with Gasteiger partial charge in [0.2, 0.25) is 0 Å². The number of terminal acetylenes is 1. The molecule has 0 aromatic heterocycles. The Labute approximate surface area is 127 Å². The van der Waals surface area contributed by atoms with Crippen LogP contribution in [-0.2, 0) is 4.79 Å². The van der Waals surface area contributed by atoms with Gasteiger partial charge in [-0.25, -0.2) is 0 Å². The number of nitriles is 1. The highest BCUT2D eigenvalue weighted by Crippen LogP contribution is 2.28. The molecule has 3 nitrogen and oxygen atoms in total. The van der Waals surface area contributed by atoms with E-state index in [-0.39, 0.29) is 5.76 Å². The van der Waals surface area contributed by atoms with Gasteiger partial charge >= 0.3 is 0 Å². The summed E-state index contributed by atoms with van der Waals surface area (Å²) >= 11 is 0. The van der Waals surface area contributed by atoms with Crippen molar-refractivity contribution in [2.24, 2.45) is 5.92 Å². The first-order valence-corrected chi connectivity index (χ1v) is 7.02. The standard InChI is InChI=1S/C16H19NO.C2H4O/c1-4-6-13(3)15(11-17)16(18)10-14-8-5-7-12(2)9-14;1-2-3/h1,6,9,14,18H,5,7-8,10H2,2-3H3;2H,1H3/b13-6-,16-15+;. The first kappa shape index (κ1) is 18.7. The summed E-state index contributed by atoms with van der Waals surface area (Å²) in [5.74, 6) is 2.86. The molecule has 0 saturated heterocycles. The van der Waals surface area contributed by atoms with E-state index < -0.39 is 0 Å². The van der Waals surface area contributed by atoms with Crippen LogP contribution >= 0.6 is 0 Å². The van der Waals surface area contributed by atoms with Gasteiger partial charge in [0, 0.05) is 6.42 Å². The third kappa shape index (κ3) is 7.18. The summed E-state index contributed by atoms with van der Waals surface area (Å²) in [7, 11) is 0. The van der Waals surface area contributed by atoms with Gasteiger partial charge in [-0.3, -0.25) is 0 Å². The minimum absolute atomic E-state index is 0.150. The van der Waals surface area contributed by atoms with Gasteiger partial charge in [0.1, 0.15) is 18.1 Å². The summed E-state index contributed by atoms with van der Waals surface area (Å²) in [6, 6.07) is 2.03. The lowest BCUT2D eigenvalue weighted by Crippen LogP contribution is -2.06. The van der Waals surface area contributed by atoms with Gasteiger partial charge < -0.3 is 9.90 Å². The second-order valence-corrected chi connectivity index (χ2v) is 5.03. The maximum Gasteiger partial charge on any atom is 0.116 e. The molecule has 1 aliphatic rings. The Morgan fingerprint density at radius 2 is 2.24 bits per heavy atom. The second-order valence-electron chi connectivity index (χ2n) is 5.03. The average Bonchev–Trinajstić information content (AvgIpc) is 2.40. The Morgan fingerprint density at radius 1 is 1.62 bits per heavy atom. The molecular weight excluding hydrogens is 262 g/mol. The Hall–Kier alpha value is -2.26. The molecule has 0 spiro atoms. The third-order valence-electron chi connectivity index (χ3n) is 3.22. The predicted octanol–water partition coefficient (Wildman–Crippen LogP) is 4.24. The minimum Gasteiger partial charge on any atom is -0.511 e. The highest BCUT2D eigenvalue weighted by Gasteiger charge is 2.16. The quantitative estimate of drug-likeness (QED) is 0.211. The van der Waals surface area contributed by atoms with Gasteiger partial charge in [0.05, 0.1) is 5.57 Å². The van der Waals surface area contributed by atoms with Crippen molar-refractivity contribution < 1.29 is 9.90 Å². The van der Waals surface area contributed by atoms with Crippen LogP contribution in [-0.4, -0.2) is 11.4 Å². The summed E-state index contributed by atoms with van der Waals surface area (Å²) in [5, 5.41) is 19.1. The minimum atomic E-state index is 0.150. The molecular formula is C18H23NO2. The second kappa shape index (κ2) is 10.5. The van der Waals surface area contributed by atoms with Crippen LogP contribution in [0, 0.1) is 29.6 Å². The molecule has 0 fully saturated rings. The normalized spacial score (nSPS) is 19.0. The molecule has 21 heavy (non-hydrogen) atoms. The van der Waals surface area contributed by atoms with E-state index in [0.717, 1.165) is 25.5 Å². The summed E-state index contributed by atoms with van der Waals surface area (Å²) in [6.07, 6.45) is 13.5. The monoisotopic (exact) mass is 285 g/mol. The van der Waals surface area contributed by atoms with Crippen LogP contribution < -0.4 is 0 Å². The van der Waals surface area contributed by atoms with Crippen LogP contribution in [0.4, 0.5) is 0 Å². The van der Waals surface area contributed by atoms with Crippen LogP contribution in [0.5, 0.6) is 0 Å². The van der Waals surface area contributed by atoms with Crippen molar-refractivity contribution in [1.29, 1.82) is 5.26 Å². The molecule has 0 radical (unpaired) electrons. The van der Waals surface area contributed by atoms with E-state index in [1.54, 1.807) is 6.92 Å². The van der Waals surface area contributed by atoms with Crippen LogP contribution in [0.2, 0.25) is 0 Å². The molecule has 1 unspecified atom stereocenters. The zero-order chi connectivity index (χ0) is 16.3. The number of carbonyl (C=O) groups is 1. The van der Waals surface area contributed by atoms with Crippen LogP contribution in [0.15, 0.2) is 34.6 Å². The zero-order valence-electron chi connectivity index (χ0n) is 13.0. The molecule has 3 heteroatoms. The lowest BCUT2D eigenvalue weighted by atomic mass is 9.87. The van der Waals surface area contributed by atoms with Crippen molar-refractivity contribution in [3.05, 3.63) is 34.6 Å². The summed E-state index contributed by atoms with van der Waals surface area (Å²) < 4.78 is 0. The third-order valence-corrected chi connectivity index (χ3v) is 3.22. The Bertz CT molecular complexity index is 524. The predicted molar refractivity (Wildman–Crippen MR) is 85.3 cm³/mol. The highest BCUT2D eigenvalue weighted by molar-refractivity contribution is 5.45. The maximum absolute atomic E-state index is 10.1. The van der Waals surface area contributed by atoms with E-state index in [1.807, 2.05) is 6.07 Å². The van der Waals surface area contributed by atoms with Gasteiger partial charge in [-0.15, -0.1) is 6.42 Å². The Kier molecular flexibility index (Phi) is 9.39. The lowest BCUT2D eigenvalue weighted by Gasteiger charge is -2.19. The van der Waals surface area contributed by atoms with Gasteiger partial charge in [-0.1, -0.05) is 17.6 Å². The van der Waals surface area contributed by atoms with E-state index in [9.17, 15) is 5.11 Å². The summed E-state index contributed by atoms with van der Waals surface area (Å²) in [4.78, 5) is 8.81. The van der Waals surface area contributed by atoms with Crippen molar-refractivity contribution >= 4 is 6.29 Å². The van der Waals surface area contributed by atoms with Crippen LogP contribution in [0.25, 0.3) is 0 Å². The maximum atomic E-state index is 10.1. The first-order chi connectivity index (χ1) is 9.99. The van der Waals surface area contributed by atoms with Crippen molar-refractivity contribution in [1.82, 2.24) is 0 Å². The number of aliphatic hydroxyl groups excluding tert-OH is 1. The van der Waals surface area contributed by atoms with E-state index in [4.69, 9.17) is 16.5 Å². The smallest absolute Gasteiger partial charge is 0.116 e. The fraction of sp³-hybridized carbons (Fsp3) is 0.444. The summed E-state index contributed by atoms with van der Waals surface area (Å²) in [5.41, 5.74) is 2.33. The van der Waals surface area contributed by atoms with Crippen molar-refractivity contribution in [2.45, 2.75) is 46.5 Å². The van der Waals surface area contributed by atoms with E-state index in [0.29, 0.717) is 23.5 Å². The number of aliphatic hydroxyl groups is 1. The van der Waals surface area contributed by atoms with Gasteiger partial charge in [-0.05, 0) is 57.6 Å². The van der Waals surface area contributed by atoms with Gasteiger partial charge in [-0.2, -0.15) is 5.26 Å². The molecule has 0 bridgehead atoms. The number of nitrogens with zero attached hydrogens (tertiary/aromatic N) is 1. The molecule has 1 rings (SSSR count). The molecule has 1 atom stereocenters. The molecule has 0 aromatic carbocycles. The lowest BCUT2D eigenvalue weighted by molar-refractivity contribution is -0.106. The topological polar surface area (TPSA) is 61.1 Å². The number of hydrogen-bond donors (Lipinski definition) is 1. The number of hydrogen-bond acceptors (Lipinski definition) is 3. The Balaban J connectivity index is 0.00000122. The number of rotatable bonds is 3. The largest absolute Gasteiger partial charge is 0.511 e. The number of carbonyl (C=O) groups excluding carboxylic acids is 1. The van der Waals surface area contributed by atoms with Crippen LogP contribution in [0.3, 0.4) is 0 Å². The fourth-order valence-electron chi connectivity index (χ4n) is 2.30. The molecule has 1 aliphatic carbocycles. The molecule has 112 valence electrons. The molecule has 0 amide bonds. The zero-order valence-corrected chi connectivity index (χ0v) is 13.0. The van der Waals surface area contributed by atoms with E-state index in [1.165, 1.54) is 18.6 Å². The molecule has 1 N–H and O–H groups in total. The van der Waals surface area contributed by atoms with Crippen molar-refractivity contribution in [3.8, 4) is 18.4 Å². The first-order valence-electron chi connectivity index (χ1n) is 7.02.